The molecule has 9 heavy (non-hydrogen) atoms. The quantitative estimate of drug-likeness (QED) is 0.368. The van der Waals surface area contributed by atoms with Gasteiger partial charge in [0.25, 0.3) is 0 Å². The fraction of sp³-hybridized carbons (Fsp3) is 0.333. The van der Waals surface area contributed by atoms with E-state index in [9.17, 15) is 0 Å². The minimum absolute atomic E-state index is 0.837. The Balaban J connectivity index is 3.50. The molecule has 0 aliphatic carbocycles. The molecule has 0 aliphatic rings. The van der Waals surface area contributed by atoms with Crippen molar-refractivity contribution in [3.05, 3.63) is 24.3 Å². The Morgan fingerprint density at radius 1 is 1.67 bits per heavy atom. The summed E-state index contributed by atoms with van der Waals surface area (Å²) in [7, 11) is 0. The van der Waals surface area contributed by atoms with Crippen LogP contribution in [0.15, 0.2) is 24.3 Å². The Morgan fingerprint density at radius 2 is 2.33 bits per heavy atom. The van der Waals surface area contributed by atoms with Crippen molar-refractivity contribution in [1.29, 1.82) is 0 Å². The molecule has 0 aliphatic heterocycles. The maximum atomic E-state index is 3.66. The first-order chi connectivity index (χ1) is 4.27. The summed E-state index contributed by atoms with van der Waals surface area (Å²) < 4.78 is 0. The minimum atomic E-state index is 0.837. The molecule has 0 bridgehead atoms. The molecule has 0 rings (SSSR count). The molecule has 0 aromatic carbocycles. The van der Waals surface area contributed by atoms with Crippen LogP contribution >= 0.6 is 0 Å². The molecule has 0 saturated carbocycles. The molecule has 0 radical (unpaired) electrons. The van der Waals surface area contributed by atoms with Gasteiger partial charge in [-0.05, 0) is 19.4 Å². The number of hydrogen-bond donors (Lipinski definition) is 0. The Bertz CT molecular complexity index is 162. The summed E-state index contributed by atoms with van der Waals surface area (Å²) in [6.45, 7) is 7.55. The van der Waals surface area contributed by atoms with Crippen LogP contribution in [0.25, 0.3) is 0 Å². The third kappa shape index (κ3) is 7.04. The predicted octanol–water partition coefficient (Wildman–Crippen LogP) is 2.53. The van der Waals surface area contributed by atoms with E-state index in [-0.39, 0.29) is 0 Å². The van der Waals surface area contributed by atoms with Crippen LogP contribution in [0.5, 0.6) is 0 Å². The lowest BCUT2D eigenvalue weighted by Crippen LogP contribution is -1.61. The molecule has 0 unspecified atom stereocenters. The maximum absolute atomic E-state index is 3.66. The fourth-order valence-electron chi connectivity index (χ4n) is 0.379. The third-order valence-corrected chi connectivity index (χ3v) is 0.757. The average Bonchev–Trinajstić information content (AvgIpc) is 1.80. The number of rotatable bonds is 1. The zero-order chi connectivity index (χ0) is 7.11. The lowest BCUT2D eigenvalue weighted by Gasteiger charge is -1.76. The van der Waals surface area contributed by atoms with Gasteiger partial charge in [-0.2, -0.15) is 0 Å². The molecule has 0 nitrogen and oxygen atoms in total. The summed E-state index contributed by atoms with van der Waals surface area (Å²) in [5, 5.41) is 0. The molecular weight excluding hydrogens is 108 g/mol. The summed E-state index contributed by atoms with van der Waals surface area (Å²) in [4.78, 5) is 0. The highest BCUT2D eigenvalue weighted by Gasteiger charge is 1.68. The highest BCUT2D eigenvalue weighted by atomic mass is 13.7. The van der Waals surface area contributed by atoms with Crippen LogP contribution in [0, 0.1) is 11.8 Å². The minimum Gasteiger partial charge on any atom is -0.0941 e. The molecule has 0 amide bonds. The summed E-state index contributed by atoms with van der Waals surface area (Å²) in [6, 6.07) is 0. The molecule has 0 aromatic rings. The van der Waals surface area contributed by atoms with Crippen molar-refractivity contribution in [2.45, 2.75) is 20.3 Å². The molecule has 0 fully saturated rings. The molecule has 0 heterocycles. The topological polar surface area (TPSA) is 0 Å². The van der Waals surface area contributed by atoms with Crippen LogP contribution in [-0.2, 0) is 0 Å². The van der Waals surface area contributed by atoms with Gasteiger partial charge in [-0.15, -0.1) is 0 Å². The van der Waals surface area contributed by atoms with Crippen LogP contribution < -0.4 is 0 Å². The number of hydrogen-bond acceptors (Lipinski definition) is 0. The monoisotopic (exact) mass is 120 g/mol. The molecule has 0 heteroatoms. The van der Waals surface area contributed by atoms with Crippen molar-refractivity contribution in [3.63, 3.8) is 0 Å². The van der Waals surface area contributed by atoms with Gasteiger partial charge in [-0.1, -0.05) is 30.6 Å². The molecule has 0 saturated heterocycles. The van der Waals surface area contributed by atoms with Gasteiger partial charge in [0.1, 0.15) is 0 Å². The summed E-state index contributed by atoms with van der Waals surface area (Å²) in [5.74, 6) is 5.83. The molecule has 0 spiro atoms. The maximum Gasteiger partial charge on any atom is 0.0273 e. The molecule has 48 valence electrons. The molecule has 0 N–H and O–H groups in total. The van der Waals surface area contributed by atoms with Crippen molar-refractivity contribution in [3.8, 4) is 11.8 Å². The zero-order valence-corrected chi connectivity index (χ0v) is 6.07. The lowest BCUT2D eigenvalue weighted by atomic mass is 10.3. The first-order valence-electron chi connectivity index (χ1n) is 3.03. The molecule has 0 aromatic heterocycles. The largest absolute Gasteiger partial charge is 0.0941 e. The van der Waals surface area contributed by atoms with E-state index in [2.05, 4.69) is 18.4 Å². The normalized spacial score (nSPS) is 8.67. The van der Waals surface area contributed by atoms with Crippen molar-refractivity contribution in [2.24, 2.45) is 0 Å². The van der Waals surface area contributed by atoms with E-state index in [0.29, 0.717) is 0 Å². The Labute approximate surface area is 57.3 Å². The van der Waals surface area contributed by atoms with Crippen LogP contribution in [0.4, 0.5) is 0 Å². The second kappa shape index (κ2) is 5.18. The Hall–Kier alpha value is -0.960. The Kier molecular flexibility index (Phi) is 4.63. The van der Waals surface area contributed by atoms with Gasteiger partial charge in [-0.3, -0.25) is 0 Å². The highest BCUT2D eigenvalue weighted by Crippen LogP contribution is 1.83. The number of allylic oxidation sites excluding steroid dienone is 3. The zero-order valence-electron chi connectivity index (χ0n) is 6.07. The fourth-order valence-corrected chi connectivity index (χ4v) is 0.379. The second-order valence-electron chi connectivity index (χ2n) is 1.86. The smallest absolute Gasteiger partial charge is 0.0273 e. The van der Waals surface area contributed by atoms with Crippen LogP contribution in [0.1, 0.15) is 20.3 Å². The summed E-state index contributed by atoms with van der Waals surface area (Å²) >= 11 is 0. The first-order valence-corrected chi connectivity index (χ1v) is 3.03. The van der Waals surface area contributed by atoms with E-state index >= 15 is 0 Å². The summed E-state index contributed by atoms with van der Waals surface area (Å²) in [5.41, 5.74) is 0.930. The van der Waals surface area contributed by atoms with Gasteiger partial charge in [0, 0.05) is 6.42 Å². The van der Waals surface area contributed by atoms with E-state index in [4.69, 9.17) is 0 Å². The third-order valence-electron chi connectivity index (χ3n) is 0.757. The van der Waals surface area contributed by atoms with E-state index < -0.39 is 0 Å². The predicted molar refractivity (Wildman–Crippen MR) is 42.0 cm³/mol. The SMILES string of the molecule is C=C(C)C#CCC=CC. The Morgan fingerprint density at radius 3 is 2.78 bits per heavy atom. The van der Waals surface area contributed by atoms with E-state index in [1.807, 2.05) is 26.0 Å². The van der Waals surface area contributed by atoms with Crippen molar-refractivity contribution >= 4 is 0 Å². The van der Waals surface area contributed by atoms with E-state index in [1.54, 1.807) is 0 Å². The standard InChI is InChI=1S/C9H12/c1-4-5-6-7-8-9(2)3/h4-5H,2,6H2,1,3H3. The lowest BCUT2D eigenvalue weighted by molar-refractivity contribution is 1.44. The average molecular weight is 120 g/mol. The van der Waals surface area contributed by atoms with Crippen molar-refractivity contribution in [1.82, 2.24) is 0 Å². The van der Waals surface area contributed by atoms with Gasteiger partial charge in [0.05, 0.1) is 0 Å². The molecule has 0 atom stereocenters. The van der Waals surface area contributed by atoms with Crippen molar-refractivity contribution < 1.29 is 0 Å². The van der Waals surface area contributed by atoms with Crippen molar-refractivity contribution in [2.75, 3.05) is 0 Å². The molecular formula is C9H12. The van der Waals surface area contributed by atoms with Crippen LogP contribution in [0.3, 0.4) is 0 Å². The second-order valence-corrected chi connectivity index (χ2v) is 1.86. The highest BCUT2D eigenvalue weighted by molar-refractivity contribution is 5.23. The van der Waals surface area contributed by atoms with E-state index in [0.717, 1.165) is 12.0 Å². The summed E-state index contributed by atoms with van der Waals surface area (Å²) in [6.07, 6.45) is 4.85. The van der Waals surface area contributed by atoms with Gasteiger partial charge in [-0.25, -0.2) is 0 Å². The first kappa shape index (κ1) is 8.04. The van der Waals surface area contributed by atoms with Gasteiger partial charge in [0.2, 0.25) is 0 Å². The van der Waals surface area contributed by atoms with Crippen LogP contribution in [0.2, 0.25) is 0 Å². The van der Waals surface area contributed by atoms with Gasteiger partial charge < -0.3 is 0 Å². The van der Waals surface area contributed by atoms with Crippen LogP contribution in [-0.4, -0.2) is 0 Å². The van der Waals surface area contributed by atoms with Gasteiger partial charge >= 0.3 is 0 Å². The van der Waals surface area contributed by atoms with E-state index in [1.165, 1.54) is 0 Å². The van der Waals surface area contributed by atoms with Gasteiger partial charge in [0.15, 0.2) is 0 Å².